The lowest BCUT2D eigenvalue weighted by atomic mass is 9.87. The van der Waals surface area contributed by atoms with Gasteiger partial charge in [0.05, 0.1) is 0 Å². The molecule has 1 aliphatic carbocycles. The lowest BCUT2D eigenvalue weighted by molar-refractivity contribution is -0.123. The van der Waals surface area contributed by atoms with Crippen molar-refractivity contribution in [3.8, 4) is 0 Å². The van der Waals surface area contributed by atoms with Gasteiger partial charge in [0.2, 0.25) is 11.8 Å². The van der Waals surface area contributed by atoms with E-state index in [9.17, 15) is 9.59 Å². The third-order valence-electron chi connectivity index (χ3n) is 3.79. The lowest BCUT2D eigenvalue weighted by Gasteiger charge is -2.20. The fourth-order valence-corrected chi connectivity index (χ4v) is 2.58. The SMILES string of the molecule is CC(N)CCC(=O)NCCNC(=O)CC1CCCCC1.Cl. The molecule has 0 bridgehead atoms. The smallest absolute Gasteiger partial charge is 0.220 e. The van der Waals surface area contributed by atoms with E-state index >= 15 is 0 Å². The first-order chi connectivity index (χ1) is 9.58. The summed E-state index contributed by atoms with van der Waals surface area (Å²) in [6.07, 6.45) is 7.97. The predicted octanol–water partition coefficient (Wildman–Crippen LogP) is 1.74. The van der Waals surface area contributed by atoms with Gasteiger partial charge >= 0.3 is 0 Å². The maximum atomic E-state index is 11.7. The van der Waals surface area contributed by atoms with Gasteiger partial charge in [0.1, 0.15) is 0 Å². The first kappa shape index (κ1) is 20.2. The molecule has 0 aromatic carbocycles. The number of amides is 2. The van der Waals surface area contributed by atoms with Crippen molar-refractivity contribution in [3.63, 3.8) is 0 Å². The summed E-state index contributed by atoms with van der Waals surface area (Å²) in [5, 5.41) is 5.66. The molecule has 0 aliphatic heterocycles. The number of carbonyl (C=O) groups excluding carboxylic acids is 2. The minimum atomic E-state index is 0. The van der Waals surface area contributed by atoms with E-state index < -0.39 is 0 Å². The summed E-state index contributed by atoms with van der Waals surface area (Å²) < 4.78 is 0. The first-order valence-electron chi connectivity index (χ1n) is 7.87. The fourth-order valence-electron chi connectivity index (χ4n) is 2.58. The summed E-state index contributed by atoms with van der Waals surface area (Å²) in [7, 11) is 0. The van der Waals surface area contributed by atoms with Gasteiger partial charge < -0.3 is 16.4 Å². The van der Waals surface area contributed by atoms with Crippen molar-refractivity contribution in [2.24, 2.45) is 11.7 Å². The van der Waals surface area contributed by atoms with Crippen LogP contribution in [0.5, 0.6) is 0 Å². The molecule has 1 aliphatic rings. The molecule has 5 nitrogen and oxygen atoms in total. The van der Waals surface area contributed by atoms with Crippen LogP contribution >= 0.6 is 12.4 Å². The van der Waals surface area contributed by atoms with Crippen LogP contribution in [0.4, 0.5) is 0 Å². The molecule has 2 amide bonds. The molecule has 6 heteroatoms. The highest BCUT2D eigenvalue weighted by Crippen LogP contribution is 2.25. The van der Waals surface area contributed by atoms with Gasteiger partial charge in [-0.2, -0.15) is 0 Å². The third-order valence-corrected chi connectivity index (χ3v) is 3.79. The van der Waals surface area contributed by atoms with Crippen LogP contribution in [0, 0.1) is 5.92 Å². The van der Waals surface area contributed by atoms with Gasteiger partial charge in [-0.25, -0.2) is 0 Å². The summed E-state index contributed by atoms with van der Waals surface area (Å²) in [4.78, 5) is 23.2. The zero-order valence-corrected chi connectivity index (χ0v) is 13.8. The standard InChI is InChI=1S/C15H29N3O2.ClH/c1-12(16)7-8-14(19)17-9-10-18-15(20)11-13-5-3-2-4-6-13;/h12-13H,2-11,16H2,1H3,(H,17,19)(H,18,20);1H. The number of nitrogens with one attached hydrogen (secondary N) is 2. The average molecular weight is 320 g/mol. The molecule has 1 saturated carbocycles. The Labute approximate surface area is 134 Å². The minimum Gasteiger partial charge on any atom is -0.354 e. The molecule has 0 aromatic heterocycles. The summed E-state index contributed by atoms with van der Waals surface area (Å²) in [6, 6.07) is 0.0518. The van der Waals surface area contributed by atoms with Gasteiger partial charge in [-0.1, -0.05) is 19.3 Å². The lowest BCUT2D eigenvalue weighted by Crippen LogP contribution is -2.35. The molecule has 0 spiro atoms. The van der Waals surface area contributed by atoms with E-state index in [0.29, 0.717) is 38.3 Å². The number of hydrogen-bond acceptors (Lipinski definition) is 3. The molecule has 0 radical (unpaired) electrons. The number of nitrogens with two attached hydrogens (primary N) is 1. The van der Waals surface area contributed by atoms with E-state index in [0.717, 1.165) is 0 Å². The normalized spacial score (nSPS) is 16.7. The molecular formula is C15H30ClN3O2. The van der Waals surface area contributed by atoms with Gasteiger partial charge in [0, 0.05) is 32.0 Å². The van der Waals surface area contributed by atoms with Crippen molar-refractivity contribution in [2.75, 3.05) is 13.1 Å². The highest BCUT2D eigenvalue weighted by Gasteiger charge is 2.16. The highest BCUT2D eigenvalue weighted by atomic mass is 35.5. The zero-order chi connectivity index (χ0) is 14.8. The predicted molar refractivity (Wildman–Crippen MR) is 87.3 cm³/mol. The summed E-state index contributed by atoms with van der Waals surface area (Å²) >= 11 is 0. The van der Waals surface area contributed by atoms with Crippen molar-refractivity contribution >= 4 is 24.2 Å². The summed E-state index contributed by atoms with van der Waals surface area (Å²) in [5.74, 6) is 0.676. The third kappa shape index (κ3) is 10.5. The van der Waals surface area contributed by atoms with Gasteiger partial charge in [0.15, 0.2) is 0 Å². The van der Waals surface area contributed by atoms with E-state index in [-0.39, 0.29) is 30.3 Å². The molecule has 124 valence electrons. The van der Waals surface area contributed by atoms with E-state index in [1.54, 1.807) is 0 Å². The van der Waals surface area contributed by atoms with E-state index in [1.165, 1.54) is 32.1 Å². The number of hydrogen-bond donors (Lipinski definition) is 3. The van der Waals surface area contributed by atoms with Crippen LogP contribution < -0.4 is 16.4 Å². The first-order valence-corrected chi connectivity index (χ1v) is 7.87. The van der Waals surface area contributed by atoms with Crippen LogP contribution in [-0.4, -0.2) is 30.9 Å². The van der Waals surface area contributed by atoms with E-state index in [2.05, 4.69) is 10.6 Å². The molecule has 0 saturated heterocycles. The minimum absolute atomic E-state index is 0. The Kier molecular flexibility index (Phi) is 11.4. The van der Waals surface area contributed by atoms with Gasteiger partial charge in [0.25, 0.3) is 0 Å². The largest absolute Gasteiger partial charge is 0.354 e. The van der Waals surface area contributed by atoms with Crippen LogP contribution in [0.3, 0.4) is 0 Å². The molecule has 0 heterocycles. The Morgan fingerprint density at radius 2 is 1.67 bits per heavy atom. The van der Waals surface area contributed by atoms with Crippen molar-refractivity contribution in [2.45, 2.75) is 64.3 Å². The summed E-state index contributed by atoms with van der Waals surface area (Å²) in [6.45, 7) is 2.89. The molecule has 0 aromatic rings. The van der Waals surface area contributed by atoms with Crippen molar-refractivity contribution in [1.29, 1.82) is 0 Å². The number of rotatable bonds is 8. The van der Waals surface area contributed by atoms with Crippen LogP contribution in [-0.2, 0) is 9.59 Å². The molecule has 1 rings (SSSR count). The van der Waals surface area contributed by atoms with Gasteiger partial charge in [-0.3, -0.25) is 9.59 Å². The van der Waals surface area contributed by atoms with Crippen LogP contribution in [0.15, 0.2) is 0 Å². The number of carbonyl (C=O) groups is 2. The monoisotopic (exact) mass is 319 g/mol. The van der Waals surface area contributed by atoms with Gasteiger partial charge in [-0.15, -0.1) is 12.4 Å². The molecule has 1 unspecified atom stereocenters. The second-order valence-corrected chi connectivity index (χ2v) is 5.92. The van der Waals surface area contributed by atoms with Crippen LogP contribution in [0.1, 0.15) is 58.3 Å². The molecule has 1 fully saturated rings. The topological polar surface area (TPSA) is 84.2 Å². The van der Waals surface area contributed by atoms with Crippen molar-refractivity contribution in [3.05, 3.63) is 0 Å². The fraction of sp³-hybridized carbons (Fsp3) is 0.867. The van der Waals surface area contributed by atoms with Crippen LogP contribution in [0.25, 0.3) is 0 Å². The second kappa shape index (κ2) is 11.8. The maximum absolute atomic E-state index is 11.7. The van der Waals surface area contributed by atoms with E-state index in [1.807, 2.05) is 6.92 Å². The molecule has 4 N–H and O–H groups in total. The second-order valence-electron chi connectivity index (χ2n) is 5.92. The molecule has 21 heavy (non-hydrogen) atoms. The van der Waals surface area contributed by atoms with Crippen molar-refractivity contribution < 1.29 is 9.59 Å². The Morgan fingerprint density at radius 3 is 2.24 bits per heavy atom. The zero-order valence-electron chi connectivity index (χ0n) is 13.0. The maximum Gasteiger partial charge on any atom is 0.220 e. The van der Waals surface area contributed by atoms with E-state index in [4.69, 9.17) is 5.73 Å². The highest BCUT2D eigenvalue weighted by molar-refractivity contribution is 5.85. The summed E-state index contributed by atoms with van der Waals surface area (Å²) in [5.41, 5.74) is 5.59. The Morgan fingerprint density at radius 1 is 1.10 bits per heavy atom. The molecule has 1 atom stereocenters. The quantitative estimate of drug-likeness (QED) is 0.596. The van der Waals surface area contributed by atoms with Gasteiger partial charge in [-0.05, 0) is 32.1 Å². The number of halogens is 1. The average Bonchev–Trinajstić information content (AvgIpc) is 2.42. The van der Waals surface area contributed by atoms with Crippen LogP contribution in [0.2, 0.25) is 0 Å². The Bertz CT molecular complexity index is 305. The Hall–Kier alpha value is -0.810. The Balaban J connectivity index is 0.00000400. The van der Waals surface area contributed by atoms with Crippen molar-refractivity contribution in [1.82, 2.24) is 10.6 Å². The molecular weight excluding hydrogens is 290 g/mol.